The molecule has 2 aromatic carbocycles. The summed E-state index contributed by atoms with van der Waals surface area (Å²) in [6.45, 7) is 5.07. The Bertz CT molecular complexity index is 1220. The predicted octanol–water partition coefficient (Wildman–Crippen LogP) is 3.38. The molecule has 9 nitrogen and oxygen atoms in total. The van der Waals surface area contributed by atoms with Gasteiger partial charge in [-0.15, -0.1) is 0 Å². The van der Waals surface area contributed by atoms with E-state index in [4.69, 9.17) is 23.9 Å². The van der Waals surface area contributed by atoms with E-state index in [2.05, 4.69) is 0 Å². The molecule has 0 saturated carbocycles. The van der Waals surface area contributed by atoms with Crippen molar-refractivity contribution >= 4 is 28.6 Å². The lowest BCUT2D eigenvalue weighted by atomic mass is 10.2. The number of thioether (sulfide) groups is 1. The van der Waals surface area contributed by atoms with Gasteiger partial charge in [0.1, 0.15) is 11.3 Å². The summed E-state index contributed by atoms with van der Waals surface area (Å²) in [5.41, 5.74) is 0.589. The Morgan fingerprint density at radius 3 is 2.15 bits per heavy atom. The molecule has 182 valence electrons. The Morgan fingerprint density at radius 2 is 1.62 bits per heavy atom. The first-order valence-electron chi connectivity index (χ1n) is 10.7. The first-order chi connectivity index (χ1) is 16.4. The molecule has 0 bridgehead atoms. The molecule has 3 rings (SSSR count). The predicted molar refractivity (Wildman–Crippen MR) is 132 cm³/mol. The fourth-order valence-electron chi connectivity index (χ4n) is 3.62. The molecule has 1 amide bonds. The van der Waals surface area contributed by atoms with Gasteiger partial charge in [0, 0.05) is 13.1 Å². The van der Waals surface area contributed by atoms with Crippen LogP contribution in [0.25, 0.3) is 16.6 Å². The van der Waals surface area contributed by atoms with Crippen molar-refractivity contribution in [3.63, 3.8) is 0 Å². The quantitative estimate of drug-likeness (QED) is 0.318. The topological polar surface area (TPSA) is 92.1 Å². The van der Waals surface area contributed by atoms with Crippen LogP contribution in [-0.2, 0) is 4.79 Å². The van der Waals surface area contributed by atoms with Gasteiger partial charge in [0.2, 0.25) is 11.7 Å². The van der Waals surface area contributed by atoms with E-state index >= 15 is 0 Å². The molecule has 0 aliphatic heterocycles. The molecule has 1 heterocycles. The van der Waals surface area contributed by atoms with Gasteiger partial charge in [0.25, 0.3) is 5.56 Å². The summed E-state index contributed by atoms with van der Waals surface area (Å²) in [6.07, 6.45) is 0. The van der Waals surface area contributed by atoms with Crippen LogP contribution in [0.15, 0.2) is 40.3 Å². The number of hydrogen-bond acceptors (Lipinski definition) is 8. The van der Waals surface area contributed by atoms with Gasteiger partial charge < -0.3 is 23.8 Å². The summed E-state index contributed by atoms with van der Waals surface area (Å²) in [5.74, 6) is 1.72. The van der Waals surface area contributed by atoms with E-state index in [1.165, 1.54) is 37.7 Å². The SMILES string of the molecule is CCN(CC)C(=O)CSc1nc2c(OC)c(OC)c(OC)cc2c(=O)n1-c1ccc(OC)cc1. The number of carbonyl (C=O) groups is 1. The van der Waals surface area contributed by atoms with Gasteiger partial charge in [0.15, 0.2) is 16.7 Å². The van der Waals surface area contributed by atoms with Gasteiger partial charge in [-0.1, -0.05) is 11.8 Å². The van der Waals surface area contributed by atoms with E-state index < -0.39 is 0 Å². The van der Waals surface area contributed by atoms with Crippen LogP contribution in [0.5, 0.6) is 23.0 Å². The van der Waals surface area contributed by atoms with Crippen LogP contribution in [0.3, 0.4) is 0 Å². The highest BCUT2D eigenvalue weighted by molar-refractivity contribution is 7.99. The first-order valence-corrected chi connectivity index (χ1v) is 11.7. The molecule has 0 saturated heterocycles. The number of carbonyl (C=O) groups excluding carboxylic acids is 1. The van der Waals surface area contributed by atoms with Gasteiger partial charge in [0.05, 0.1) is 45.3 Å². The summed E-state index contributed by atoms with van der Waals surface area (Å²) in [6, 6.07) is 8.64. The average molecular weight is 488 g/mol. The van der Waals surface area contributed by atoms with Crippen molar-refractivity contribution in [1.29, 1.82) is 0 Å². The third-order valence-electron chi connectivity index (χ3n) is 5.41. The van der Waals surface area contributed by atoms with Crippen molar-refractivity contribution in [2.45, 2.75) is 19.0 Å². The van der Waals surface area contributed by atoms with E-state index in [0.29, 0.717) is 52.1 Å². The second kappa shape index (κ2) is 11.1. The molecule has 0 fully saturated rings. The second-order valence-electron chi connectivity index (χ2n) is 7.13. The second-order valence-corrected chi connectivity index (χ2v) is 8.07. The molecule has 0 atom stereocenters. The number of rotatable bonds is 10. The highest BCUT2D eigenvalue weighted by atomic mass is 32.2. The van der Waals surface area contributed by atoms with Crippen LogP contribution in [-0.4, -0.2) is 67.6 Å². The smallest absolute Gasteiger partial charge is 0.266 e. The van der Waals surface area contributed by atoms with E-state index in [-0.39, 0.29) is 23.0 Å². The molecule has 1 aromatic heterocycles. The Hall–Kier alpha value is -3.40. The largest absolute Gasteiger partial charge is 0.497 e. The van der Waals surface area contributed by atoms with E-state index in [1.54, 1.807) is 42.3 Å². The Labute approximate surface area is 202 Å². The minimum absolute atomic E-state index is 0.0371. The van der Waals surface area contributed by atoms with Crippen LogP contribution in [0.1, 0.15) is 13.8 Å². The highest BCUT2D eigenvalue weighted by Gasteiger charge is 2.23. The maximum Gasteiger partial charge on any atom is 0.266 e. The van der Waals surface area contributed by atoms with Crippen molar-refractivity contribution < 1.29 is 23.7 Å². The number of ether oxygens (including phenoxy) is 4. The zero-order valence-corrected chi connectivity index (χ0v) is 21.0. The fourth-order valence-corrected chi connectivity index (χ4v) is 4.53. The molecule has 3 aromatic rings. The number of benzene rings is 2. The Morgan fingerprint density at radius 1 is 0.971 bits per heavy atom. The first kappa shape index (κ1) is 25.2. The van der Waals surface area contributed by atoms with Gasteiger partial charge in [-0.2, -0.15) is 0 Å². The molecule has 0 aliphatic rings. The molecule has 0 N–H and O–H groups in total. The molecule has 0 unspecified atom stereocenters. The molecule has 0 spiro atoms. The summed E-state index contributed by atoms with van der Waals surface area (Å²) < 4.78 is 23.2. The summed E-state index contributed by atoms with van der Waals surface area (Å²) in [7, 11) is 6.03. The average Bonchev–Trinajstić information content (AvgIpc) is 2.87. The molecule has 10 heteroatoms. The summed E-state index contributed by atoms with van der Waals surface area (Å²) in [5, 5.41) is 0.651. The highest BCUT2D eigenvalue weighted by Crippen LogP contribution is 2.42. The molecular weight excluding hydrogens is 458 g/mol. The minimum Gasteiger partial charge on any atom is -0.497 e. The standard InChI is InChI=1S/C24H29N3O6S/c1-7-26(8-2)19(28)14-34-24-25-20-17(13-18(31-4)21(32-5)22(20)33-6)23(29)27(24)15-9-11-16(30-3)12-10-15/h9-13H,7-8,14H2,1-6H3. The van der Waals surface area contributed by atoms with Gasteiger partial charge in [-0.05, 0) is 44.2 Å². The normalized spacial score (nSPS) is 10.8. The Kier molecular flexibility index (Phi) is 8.27. The number of methoxy groups -OCH3 is 4. The number of fused-ring (bicyclic) bond motifs is 1. The summed E-state index contributed by atoms with van der Waals surface area (Å²) >= 11 is 1.19. The monoisotopic (exact) mass is 487 g/mol. The van der Waals surface area contributed by atoms with E-state index in [9.17, 15) is 9.59 Å². The summed E-state index contributed by atoms with van der Waals surface area (Å²) in [4.78, 5) is 32.9. The lowest BCUT2D eigenvalue weighted by Gasteiger charge is -2.20. The number of nitrogens with zero attached hydrogens (tertiary/aromatic N) is 3. The van der Waals surface area contributed by atoms with Crippen molar-refractivity contribution in [1.82, 2.24) is 14.5 Å². The maximum absolute atomic E-state index is 13.8. The lowest BCUT2D eigenvalue weighted by molar-refractivity contribution is -0.127. The lowest BCUT2D eigenvalue weighted by Crippen LogP contribution is -2.32. The zero-order chi connectivity index (χ0) is 24.8. The molecular formula is C24H29N3O6S. The van der Waals surface area contributed by atoms with Gasteiger partial charge in [-0.3, -0.25) is 14.2 Å². The van der Waals surface area contributed by atoms with Gasteiger partial charge >= 0.3 is 0 Å². The number of amides is 1. The van der Waals surface area contributed by atoms with Crippen LogP contribution in [0.2, 0.25) is 0 Å². The van der Waals surface area contributed by atoms with Crippen molar-refractivity contribution in [3.05, 3.63) is 40.7 Å². The molecule has 0 aliphatic carbocycles. The van der Waals surface area contributed by atoms with Crippen molar-refractivity contribution in [2.75, 3.05) is 47.3 Å². The van der Waals surface area contributed by atoms with Gasteiger partial charge in [-0.25, -0.2) is 4.98 Å². The fraction of sp³-hybridized carbons (Fsp3) is 0.375. The van der Waals surface area contributed by atoms with Crippen LogP contribution >= 0.6 is 11.8 Å². The molecule has 34 heavy (non-hydrogen) atoms. The number of aromatic nitrogens is 2. The van der Waals surface area contributed by atoms with E-state index in [1.807, 2.05) is 13.8 Å². The minimum atomic E-state index is -0.327. The van der Waals surface area contributed by atoms with Crippen LogP contribution < -0.4 is 24.5 Å². The van der Waals surface area contributed by atoms with Crippen LogP contribution in [0.4, 0.5) is 0 Å². The Balaban J connectivity index is 2.26. The van der Waals surface area contributed by atoms with Crippen molar-refractivity contribution in [3.8, 4) is 28.7 Å². The zero-order valence-electron chi connectivity index (χ0n) is 20.2. The van der Waals surface area contributed by atoms with Crippen LogP contribution in [0, 0.1) is 0 Å². The maximum atomic E-state index is 13.8. The third-order valence-corrected chi connectivity index (χ3v) is 6.33. The third kappa shape index (κ3) is 4.77. The molecule has 0 radical (unpaired) electrons. The van der Waals surface area contributed by atoms with Crippen molar-refractivity contribution in [2.24, 2.45) is 0 Å². The van der Waals surface area contributed by atoms with E-state index in [0.717, 1.165) is 0 Å². The number of hydrogen-bond donors (Lipinski definition) is 0.